The maximum atomic E-state index is 13.8. The van der Waals surface area contributed by atoms with Crippen LogP contribution in [-0.2, 0) is 18.6 Å². The topological polar surface area (TPSA) is 76.0 Å². The number of allylic oxidation sites excluding steroid dienone is 1. The van der Waals surface area contributed by atoms with Crippen LogP contribution in [0.15, 0.2) is 22.3 Å². The third-order valence-electron chi connectivity index (χ3n) is 3.91. The van der Waals surface area contributed by atoms with Crippen molar-refractivity contribution < 1.29 is 18.6 Å². The van der Waals surface area contributed by atoms with Crippen molar-refractivity contribution in [2.75, 3.05) is 59.2 Å². The first kappa shape index (κ1) is 16.8. The number of ether oxygens (including phenoxy) is 2. The van der Waals surface area contributed by atoms with Crippen molar-refractivity contribution in [3.8, 4) is 0 Å². The van der Waals surface area contributed by atoms with Crippen molar-refractivity contribution in [3.63, 3.8) is 0 Å². The van der Waals surface area contributed by atoms with Crippen LogP contribution in [0.1, 0.15) is 6.92 Å². The van der Waals surface area contributed by atoms with Gasteiger partial charge in [-0.3, -0.25) is 4.99 Å². The molecule has 3 aliphatic heterocycles. The Bertz CT molecular complexity index is 526. The van der Waals surface area contributed by atoms with Crippen molar-refractivity contribution in [3.05, 3.63) is 12.3 Å². The Morgan fingerprint density at radius 2 is 1.65 bits per heavy atom. The van der Waals surface area contributed by atoms with E-state index < -0.39 is 7.67 Å². The van der Waals surface area contributed by atoms with E-state index in [4.69, 9.17) is 14.0 Å². The molecule has 0 spiro atoms. The minimum Gasteiger partial charge on any atom is -0.405 e. The van der Waals surface area contributed by atoms with Gasteiger partial charge >= 0.3 is 7.67 Å². The van der Waals surface area contributed by atoms with Crippen molar-refractivity contribution in [1.29, 1.82) is 0 Å². The van der Waals surface area contributed by atoms with Gasteiger partial charge in [0.15, 0.2) is 0 Å². The molecule has 3 rings (SSSR count). The molecule has 128 valence electrons. The van der Waals surface area contributed by atoms with E-state index in [9.17, 15) is 4.57 Å². The molecule has 2 saturated heterocycles. The van der Waals surface area contributed by atoms with Gasteiger partial charge in [-0.2, -0.15) is 0 Å². The fourth-order valence-corrected chi connectivity index (χ4v) is 4.92. The van der Waals surface area contributed by atoms with Crippen LogP contribution in [0, 0.1) is 0 Å². The van der Waals surface area contributed by atoms with Gasteiger partial charge in [0.05, 0.1) is 26.4 Å². The lowest BCUT2D eigenvalue weighted by molar-refractivity contribution is 0.0440. The quantitative estimate of drug-likeness (QED) is 0.717. The number of nitrogens with zero attached hydrogens (tertiary/aromatic N) is 4. The van der Waals surface area contributed by atoms with Gasteiger partial charge in [0.2, 0.25) is 5.90 Å². The summed E-state index contributed by atoms with van der Waals surface area (Å²) in [7, 11) is -3.20. The highest BCUT2D eigenvalue weighted by atomic mass is 31.2. The monoisotopic (exact) mass is 342 g/mol. The average Bonchev–Trinajstić information content (AvgIpc) is 2.81. The molecule has 3 heterocycles. The van der Waals surface area contributed by atoms with Crippen LogP contribution < -0.4 is 0 Å². The van der Waals surface area contributed by atoms with Crippen LogP contribution in [0.5, 0.6) is 0 Å². The van der Waals surface area contributed by atoms with Crippen molar-refractivity contribution in [2.45, 2.75) is 6.92 Å². The molecule has 0 aromatic heterocycles. The molecule has 0 N–H and O–H groups in total. The molecular weight excluding hydrogens is 319 g/mol. The molecule has 8 nitrogen and oxygen atoms in total. The Balaban J connectivity index is 1.81. The molecule has 0 aromatic carbocycles. The number of hydrogen-bond donors (Lipinski definition) is 0. The molecule has 0 atom stereocenters. The average molecular weight is 342 g/mol. The molecule has 0 bridgehead atoms. The number of morpholine rings is 2. The summed E-state index contributed by atoms with van der Waals surface area (Å²) in [6.07, 6.45) is 3.45. The highest BCUT2D eigenvalue weighted by Gasteiger charge is 2.42. The predicted octanol–water partition coefficient (Wildman–Crippen LogP) is 1.16. The molecule has 9 heteroatoms. The van der Waals surface area contributed by atoms with Crippen molar-refractivity contribution >= 4 is 19.3 Å². The van der Waals surface area contributed by atoms with E-state index in [-0.39, 0.29) is 0 Å². The van der Waals surface area contributed by atoms with Gasteiger partial charge < -0.3 is 14.0 Å². The normalized spacial score (nSPS) is 24.7. The first-order valence-electron chi connectivity index (χ1n) is 7.89. The largest absolute Gasteiger partial charge is 0.405 e. The van der Waals surface area contributed by atoms with Gasteiger partial charge in [-0.05, 0) is 13.0 Å². The Morgan fingerprint density at radius 3 is 2.22 bits per heavy atom. The van der Waals surface area contributed by atoms with Gasteiger partial charge in [-0.15, -0.1) is 0 Å². The molecule has 23 heavy (non-hydrogen) atoms. The summed E-state index contributed by atoms with van der Waals surface area (Å²) in [5.41, 5.74) is 0.875. The lowest BCUT2D eigenvalue weighted by Gasteiger charge is -2.40. The molecule has 3 aliphatic rings. The minimum atomic E-state index is -3.20. The zero-order chi connectivity index (χ0) is 16.1. The summed E-state index contributed by atoms with van der Waals surface area (Å²) in [6, 6.07) is 0. The summed E-state index contributed by atoms with van der Waals surface area (Å²) in [4.78, 5) is 8.61. The van der Waals surface area contributed by atoms with E-state index in [0.717, 1.165) is 5.71 Å². The van der Waals surface area contributed by atoms with E-state index in [1.54, 1.807) is 6.20 Å². The molecule has 0 amide bonds. The maximum absolute atomic E-state index is 13.8. The summed E-state index contributed by atoms with van der Waals surface area (Å²) >= 11 is 0. The first-order chi connectivity index (χ1) is 11.2. The fraction of sp³-hybridized carbons (Fsp3) is 0.714. The molecule has 2 fully saturated rings. The second-order valence-corrected chi connectivity index (χ2v) is 7.81. The summed E-state index contributed by atoms with van der Waals surface area (Å²) in [5, 5.41) is 0. The highest BCUT2D eigenvalue weighted by Crippen LogP contribution is 2.55. The van der Waals surface area contributed by atoms with Gasteiger partial charge in [0.1, 0.15) is 6.54 Å². The minimum absolute atomic E-state index is 0.303. The smallest absolute Gasteiger partial charge is 0.397 e. The Kier molecular flexibility index (Phi) is 5.61. The Hall–Kier alpha value is -1.05. The third-order valence-corrected chi connectivity index (χ3v) is 6.59. The lowest BCUT2D eigenvalue weighted by Crippen LogP contribution is -2.44. The van der Waals surface area contributed by atoms with Crippen LogP contribution >= 0.6 is 7.67 Å². The summed E-state index contributed by atoms with van der Waals surface area (Å²) in [5.74, 6) is 0.388. The summed E-state index contributed by atoms with van der Waals surface area (Å²) in [6.45, 7) is 6.77. The molecule has 0 aromatic rings. The molecule has 0 saturated carbocycles. The van der Waals surface area contributed by atoms with Crippen LogP contribution in [0.25, 0.3) is 0 Å². The standard InChI is InChI=1S/C14H23N4O4P/c1-13-2-3-15-14(12-16-13)22-23(19,17-4-8-20-9-5-17)18-6-10-21-11-7-18/h2-3H,4-12H2,1H3. The number of rotatable bonds is 3. The van der Waals surface area contributed by atoms with Gasteiger partial charge in [-0.25, -0.2) is 18.9 Å². The van der Waals surface area contributed by atoms with E-state index in [1.165, 1.54) is 0 Å². The van der Waals surface area contributed by atoms with Gasteiger partial charge in [0, 0.05) is 38.1 Å². The second kappa shape index (κ2) is 7.68. The maximum Gasteiger partial charge on any atom is 0.397 e. The van der Waals surface area contributed by atoms with Gasteiger partial charge in [0.25, 0.3) is 0 Å². The zero-order valence-electron chi connectivity index (χ0n) is 13.4. The Labute approximate surface area is 136 Å². The summed E-state index contributed by atoms with van der Waals surface area (Å²) < 4.78 is 34.3. The third kappa shape index (κ3) is 4.08. The molecule has 0 aliphatic carbocycles. The number of hydrogen-bond acceptors (Lipinski definition) is 6. The zero-order valence-corrected chi connectivity index (χ0v) is 14.3. The first-order valence-corrected chi connectivity index (χ1v) is 9.42. The van der Waals surface area contributed by atoms with Crippen LogP contribution in [-0.4, -0.2) is 80.1 Å². The van der Waals surface area contributed by atoms with E-state index in [0.29, 0.717) is 65.0 Å². The molecular formula is C14H23N4O4P. The number of aliphatic imine (C=N–C) groups is 2. The van der Waals surface area contributed by atoms with E-state index >= 15 is 0 Å². The Morgan fingerprint density at radius 1 is 1.09 bits per heavy atom. The highest BCUT2D eigenvalue weighted by molar-refractivity contribution is 7.54. The SMILES string of the molecule is CC1=NCC(OP(=O)(N2CCOCC2)N2CCOCC2)=NC=C1. The van der Waals surface area contributed by atoms with Crippen LogP contribution in [0.2, 0.25) is 0 Å². The van der Waals surface area contributed by atoms with Crippen LogP contribution in [0.4, 0.5) is 0 Å². The molecule has 0 radical (unpaired) electrons. The van der Waals surface area contributed by atoms with E-state index in [2.05, 4.69) is 9.98 Å². The van der Waals surface area contributed by atoms with Crippen molar-refractivity contribution in [2.24, 2.45) is 9.98 Å². The predicted molar refractivity (Wildman–Crippen MR) is 88.0 cm³/mol. The molecule has 0 unspecified atom stereocenters. The van der Waals surface area contributed by atoms with Crippen LogP contribution in [0.3, 0.4) is 0 Å². The van der Waals surface area contributed by atoms with Gasteiger partial charge in [-0.1, -0.05) is 0 Å². The van der Waals surface area contributed by atoms with Crippen molar-refractivity contribution in [1.82, 2.24) is 9.34 Å². The van der Waals surface area contributed by atoms with E-state index in [1.807, 2.05) is 22.3 Å². The lowest BCUT2D eigenvalue weighted by atomic mass is 10.4. The fourth-order valence-electron chi connectivity index (χ4n) is 2.61. The second-order valence-electron chi connectivity index (χ2n) is 5.51.